The molecule has 0 spiro atoms. The molecule has 2 rings (SSSR count). The number of aromatic nitrogens is 1. The van der Waals surface area contributed by atoms with Crippen LogP contribution in [0.2, 0.25) is 0 Å². The van der Waals surface area contributed by atoms with Crippen LogP contribution in [0.4, 0.5) is 4.39 Å². The number of nitrogen functional groups attached to an aromatic ring is 1. The van der Waals surface area contributed by atoms with Crippen LogP contribution in [0, 0.1) is 16.7 Å². The third-order valence-corrected chi connectivity index (χ3v) is 2.73. The summed E-state index contributed by atoms with van der Waals surface area (Å²) in [5.74, 6) is -1.95. The summed E-state index contributed by atoms with van der Waals surface area (Å²) in [6.07, 6.45) is 1.29. The summed E-state index contributed by atoms with van der Waals surface area (Å²) in [5.41, 5.74) is 7.92. The van der Waals surface area contributed by atoms with Crippen LogP contribution in [0.15, 0.2) is 24.4 Å². The van der Waals surface area contributed by atoms with Crippen molar-refractivity contribution in [3.63, 3.8) is 0 Å². The lowest BCUT2D eigenvalue weighted by molar-refractivity contribution is 0.0732. The predicted molar refractivity (Wildman–Crippen MR) is 63.3 cm³/mol. The van der Waals surface area contributed by atoms with E-state index in [0.29, 0.717) is 0 Å². The van der Waals surface area contributed by atoms with E-state index >= 15 is 0 Å². The fourth-order valence-electron chi connectivity index (χ4n) is 1.18. The maximum absolute atomic E-state index is 13.6. The normalized spacial score (nSPS) is 10.1. The molecule has 0 fully saturated rings. The van der Waals surface area contributed by atoms with E-state index in [9.17, 15) is 9.18 Å². The van der Waals surface area contributed by atoms with E-state index in [1.54, 1.807) is 0 Å². The Labute approximate surface area is 106 Å². The molecule has 1 aromatic heterocycles. The summed E-state index contributed by atoms with van der Waals surface area (Å²) >= 11 is 0.977. The highest BCUT2D eigenvalue weighted by molar-refractivity contribution is 7.11. The second-order valence-electron chi connectivity index (χ2n) is 3.26. The van der Waals surface area contributed by atoms with E-state index in [1.807, 2.05) is 0 Å². The van der Waals surface area contributed by atoms with Gasteiger partial charge in [0.15, 0.2) is 17.1 Å². The van der Waals surface area contributed by atoms with Crippen LogP contribution < -0.4 is 10.5 Å². The van der Waals surface area contributed by atoms with E-state index in [-0.39, 0.29) is 22.0 Å². The Balaban J connectivity index is 2.20. The number of thiazole rings is 1. The van der Waals surface area contributed by atoms with Gasteiger partial charge in [0.1, 0.15) is 10.7 Å². The summed E-state index contributed by atoms with van der Waals surface area (Å²) in [4.78, 5) is 15.4. The van der Waals surface area contributed by atoms with Crippen molar-refractivity contribution in [3.05, 3.63) is 46.2 Å². The average molecular weight is 264 g/mol. The highest BCUT2D eigenvalue weighted by Gasteiger charge is 2.14. The molecule has 18 heavy (non-hydrogen) atoms. The number of nitrogens with zero attached hydrogens (tertiary/aromatic N) is 1. The molecule has 1 radical (unpaired) electrons. The fourth-order valence-corrected chi connectivity index (χ4v) is 1.62. The van der Waals surface area contributed by atoms with Gasteiger partial charge in [-0.1, -0.05) is 0 Å². The minimum atomic E-state index is -0.760. The van der Waals surface area contributed by atoms with Gasteiger partial charge in [0, 0.05) is 5.56 Å². The molecule has 1 heterocycles. The molecule has 0 amide bonds. The van der Waals surface area contributed by atoms with E-state index in [1.165, 1.54) is 18.3 Å². The minimum absolute atomic E-state index is 0.221. The summed E-state index contributed by atoms with van der Waals surface area (Å²) in [6, 6.07) is 3.67. The molecule has 0 saturated carbocycles. The lowest BCUT2D eigenvalue weighted by Crippen LogP contribution is -2.12. The zero-order valence-electron chi connectivity index (χ0n) is 8.94. The second-order valence-corrected chi connectivity index (χ2v) is 4.09. The van der Waals surface area contributed by atoms with Crippen molar-refractivity contribution in [1.82, 2.24) is 4.98 Å². The molecule has 0 aliphatic carbocycles. The molecule has 91 valence electrons. The van der Waals surface area contributed by atoms with Gasteiger partial charge >= 0.3 is 5.97 Å². The number of nitrogens with two attached hydrogens (primary N) is 1. The maximum Gasteiger partial charge on any atom is 0.355 e. The quantitative estimate of drug-likeness (QED) is 0.381. The Morgan fingerprint density at radius 3 is 2.89 bits per heavy atom. The first-order chi connectivity index (χ1) is 8.58. The number of esters is 1. The van der Waals surface area contributed by atoms with Crippen molar-refractivity contribution in [1.29, 1.82) is 5.41 Å². The van der Waals surface area contributed by atoms with E-state index in [0.717, 1.165) is 17.4 Å². The molecule has 3 N–H and O–H groups in total. The summed E-state index contributed by atoms with van der Waals surface area (Å²) in [5, 5.41) is 7.15. The summed E-state index contributed by atoms with van der Waals surface area (Å²) in [6.45, 7) is 0. The average Bonchev–Trinajstić information content (AvgIpc) is 2.85. The highest BCUT2D eigenvalue weighted by atomic mass is 32.1. The van der Waals surface area contributed by atoms with E-state index < -0.39 is 11.8 Å². The predicted octanol–water partition coefficient (Wildman–Crippen LogP) is 1.59. The Hall–Kier alpha value is -2.28. The smallest absolute Gasteiger partial charge is 0.355 e. The van der Waals surface area contributed by atoms with Crippen molar-refractivity contribution in [2.45, 2.75) is 0 Å². The number of halogens is 1. The topological polar surface area (TPSA) is 89.1 Å². The lowest BCUT2D eigenvalue weighted by Gasteiger charge is -2.05. The molecular formula is C11H7FN3O2S. The van der Waals surface area contributed by atoms with Crippen LogP contribution >= 0.6 is 11.3 Å². The molecule has 0 aliphatic heterocycles. The van der Waals surface area contributed by atoms with Crippen LogP contribution in [0.1, 0.15) is 15.2 Å². The third-order valence-electron chi connectivity index (χ3n) is 2.04. The van der Waals surface area contributed by atoms with Crippen molar-refractivity contribution in [2.24, 2.45) is 5.73 Å². The fraction of sp³-hybridized carbons (Fsp3) is 0. The van der Waals surface area contributed by atoms with Crippen LogP contribution in [0.3, 0.4) is 0 Å². The van der Waals surface area contributed by atoms with E-state index in [2.05, 4.69) is 10.5 Å². The molecule has 0 atom stereocenters. The summed E-state index contributed by atoms with van der Waals surface area (Å²) in [7, 11) is 0. The minimum Gasteiger partial charge on any atom is -0.419 e. The Morgan fingerprint density at radius 1 is 1.56 bits per heavy atom. The number of rotatable bonds is 3. The van der Waals surface area contributed by atoms with Gasteiger partial charge in [0.25, 0.3) is 0 Å². The summed E-state index contributed by atoms with van der Waals surface area (Å²) < 4.78 is 18.4. The molecule has 0 aliphatic rings. The number of carbonyl (C=O) groups is 1. The number of benzene rings is 1. The number of nitrogens with one attached hydrogen (secondary N) is 1. The number of ether oxygens (including phenoxy) is 1. The van der Waals surface area contributed by atoms with Gasteiger partial charge in [-0.3, -0.25) is 5.41 Å². The zero-order chi connectivity index (χ0) is 13.1. The number of carbonyl (C=O) groups excluding carboxylic acids is 1. The van der Waals surface area contributed by atoms with Gasteiger partial charge in [-0.25, -0.2) is 14.2 Å². The maximum atomic E-state index is 13.6. The Kier molecular flexibility index (Phi) is 3.33. The number of hydrogen-bond acceptors (Lipinski definition) is 5. The molecule has 0 saturated heterocycles. The van der Waals surface area contributed by atoms with Crippen molar-refractivity contribution in [2.75, 3.05) is 0 Å². The third kappa shape index (κ3) is 2.51. The van der Waals surface area contributed by atoms with E-state index in [4.69, 9.17) is 15.9 Å². The molecule has 5 nitrogen and oxygen atoms in total. The lowest BCUT2D eigenvalue weighted by atomic mass is 10.2. The van der Waals surface area contributed by atoms with Crippen molar-refractivity contribution in [3.8, 4) is 5.75 Å². The molecule has 2 aromatic rings. The first kappa shape index (κ1) is 12.2. The monoisotopic (exact) mass is 264 g/mol. The van der Waals surface area contributed by atoms with Gasteiger partial charge in [0.05, 0.1) is 6.20 Å². The largest absolute Gasteiger partial charge is 0.419 e. The second kappa shape index (κ2) is 4.92. The van der Waals surface area contributed by atoms with Crippen LogP contribution in [0.25, 0.3) is 0 Å². The van der Waals surface area contributed by atoms with Gasteiger partial charge < -0.3 is 10.5 Å². The van der Waals surface area contributed by atoms with Crippen molar-refractivity contribution < 1.29 is 13.9 Å². The van der Waals surface area contributed by atoms with Gasteiger partial charge in [-0.05, 0) is 18.2 Å². The van der Waals surface area contributed by atoms with Gasteiger partial charge in [-0.2, -0.15) is 0 Å². The standard InChI is InChI=1S/C11H7FN3O2S/c12-7-3-6(10(13)14)1-2-8(7)17-11(16)9-4-15-5-18-9/h1-4H,(H3,13,14). The molecule has 1 aromatic carbocycles. The highest BCUT2D eigenvalue weighted by Crippen LogP contribution is 2.20. The van der Waals surface area contributed by atoms with Gasteiger partial charge in [0.2, 0.25) is 0 Å². The Morgan fingerprint density at radius 2 is 2.33 bits per heavy atom. The first-order valence-electron chi connectivity index (χ1n) is 4.76. The molecule has 7 heteroatoms. The first-order valence-corrected chi connectivity index (χ1v) is 5.57. The van der Waals surface area contributed by atoms with Crippen molar-refractivity contribution >= 4 is 23.1 Å². The molecule has 0 unspecified atom stereocenters. The molecular weight excluding hydrogens is 257 g/mol. The van der Waals surface area contributed by atoms with Crippen LogP contribution in [-0.2, 0) is 0 Å². The molecule has 0 bridgehead atoms. The Bertz CT molecular complexity index is 598. The number of amidine groups is 1. The SMILES string of the molecule is N=C(N)c1ccc(OC(=O)c2cn[c]s2)c(F)c1. The van der Waals surface area contributed by atoms with Crippen LogP contribution in [0.5, 0.6) is 5.75 Å². The van der Waals surface area contributed by atoms with Crippen LogP contribution in [-0.4, -0.2) is 16.8 Å². The number of hydrogen-bond donors (Lipinski definition) is 2. The van der Waals surface area contributed by atoms with Gasteiger partial charge in [-0.15, -0.1) is 11.3 Å². The zero-order valence-corrected chi connectivity index (χ0v) is 9.75.